The van der Waals surface area contributed by atoms with Crippen LogP contribution in [0.4, 0.5) is 0 Å². The summed E-state index contributed by atoms with van der Waals surface area (Å²) in [5, 5.41) is 0. The molecule has 2 rings (SSSR count). The van der Waals surface area contributed by atoms with E-state index in [0.29, 0.717) is 26.1 Å². The fourth-order valence-corrected chi connectivity index (χ4v) is 2.46. The lowest BCUT2D eigenvalue weighted by molar-refractivity contribution is -0.142. The van der Waals surface area contributed by atoms with Crippen LogP contribution in [0.2, 0.25) is 0 Å². The van der Waals surface area contributed by atoms with E-state index >= 15 is 0 Å². The van der Waals surface area contributed by atoms with Crippen LogP contribution < -0.4 is 5.73 Å². The van der Waals surface area contributed by atoms with Crippen molar-refractivity contribution in [3.8, 4) is 0 Å². The Bertz CT molecular complexity index is 420. The SMILES string of the molecule is C[C@@H]1CN(C(=O)Cc2ccc(CN)cc2)C[C@H](C)O1. The molecular formula is C15H22N2O2. The van der Waals surface area contributed by atoms with Crippen molar-refractivity contribution in [2.75, 3.05) is 13.1 Å². The van der Waals surface area contributed by atoms with Crippen molar-refractivity contribution in [3.05, 3.63) is 35.4 Å². The van der Waals surface area contributed by atoms with Gasteiger partial charge in [-0.05, 0) is 25.0 Å². The van der Waals surface area contributed by atoms with Crippen molar-refractivity contribution < 1.29 is 9.53 Å². The topological polar surface area (TPSA) is 55.6 Å². The van der Waals surface area contributed by atoms with Crippen LogP contribution >= 0.6 is 0 Å². The Morgan fingerprint density at radius 1 is 1.21 bits per heavy atom. The third-order valence-corrected chi connectivity index (χ3v) is 3.39. The summed E-state index contributed by atoms with van der Waals surface area (Å²) < 4.78 is 5.64. The summed E-state index contributed by atoms with van der Waals surface area (Å²) in [7, 11) is 0. The maximum Gasteiger partial charge on any atom is 0.227 e. The summed E-state index contributed by atoms with van der Waals surface area (Å²) >= 11 is 0. The van der Waals surface area contributed by atoms with E-state index in [0.717, 1.165) is 11.1 Å². The zero-order valence-corrected chi connectivity index (χ0v) is 11.6. The van der Waals surface area contributed by atoms with Crippen molar-refractivity contribution in [3.63, 3.8) is 0 Å². The molecule has 0 radical (unpaired) electrons. The summed E-state index contributed by atoms with van der Waals surface area (Å²) in [6.45, 7) is 5.92. The fourth-order valence-electron chi connectivity index (χ4n) is 2.46. The van der Waals surface area contributed by atoms with Crippen LogP contribution in [0.25, 0.3) is 0 Å². The molecule has 1 saturated heterocycles. The van der Waals surface area contributed by atoms with Crippen molar-refractivity contribution in [1.29, 1.82) is 0 Å². The van der Waals surface area contributed by atoms with Crippen LogP contribution in [0.15, 0.2) is 24.3 Å². The quantitative estimate of drug-likeness (QED) is 0.894. The van der Waals surface area contributed by atoms with Crippen LogP contribution in [0, 0.1) is 0 Å². The molecule has 2 atom stereocenters. The molecule has 1 heterocycles. The molecule has 19 heavy (non-hydrogen) atoms. The second-order valence-corrected chi connectivity index (χ2v) is 5.25. The molecule has 104 valence electrons. The van der Waals surface area contributed by atoms with Gasteiger partial charge in [-0.25, -0.2) is 0 Å². The van der Waals surface area contributed by atoms with E-state index in [1.807, 2.05) is 43.0 Å². The van der Waals surface area contributed by atoms with Crippen LogP contribution in [0.1, 0.15) is 25.0 Å². The van der Waals surface area contributed by atoms with Gasteiger partial charge < -0.3 is 15.4 Å². The van der Waals surface area contributed by atoms with Gasteiger partial charge in [0.25, 0.3) is 0 Å². The number of rotatable bonds is 3. The Kier molecular flexibility index (Phi) is 4.56. The Labute approximate surface area is 114 Å². The summed E-state index contributed by atoms with van der Waals surface area (Å²) in [4.78, 5) is 14.2. The first-order valence-electron chi connectivity index (χ1n) is 6.79. The van der Waals surface area contributed by atoms with Gasteiger partial charge in [-0.3, -0.25) is 4.79 Å². The number of benzene rings is 1. The first-order valence-corrected chi connectivity index (χ1v) is 6.79. The summed E-state index contributed by atoms with van der Waals surface area (Å²) in [6, 6.07) is 7.92. The maximum absolute atomic E-state index is 12.3. The highest BCUT2D eigenvalue weighted by Gasteiger charge is 2.25. The smallest absolute Gasteiger partial charge is 0.227 e. The number of ether oxygens (including phenoxy) is 1. The van der Waals surface area contributed by atoms with Crippen LogP contribution in [0.3, 0.4) is 0 Å². The van der Waals surface area contributed by atoms with Crippen LogP contribution in [-0.4, -0.2) is 36.1 Å². The molecule has 0 bridgehead atoms. The number of morpholine rings is 1. The highest BCUT2D eigenvalue weighted by Crippen LogP contribution is 2.13. The monoisotopic (exact) mass is 262 g/mol. The molecule has 0 spiro atoms. The molecule has 1 aliphatic heterocycles. The molecule has 1 aromatic carbocycles. The van der Waals surface area contributed by atoms with Crippen LogP contribution in [-0.2, 0) is 22.5 Å². The third kappa shape index (κ3) is 3.78. The second kappa shape index (κ2) is 6.17. The molecule has 2 N–H and O–H groups in total. The molecule has 4 nitrogen and oxygen atoms in total. The van der Waals surface area contributed by atoms with Gasteiger partial charge in [0, 0.05) is 19.6 Å². The standard InChI is InChI=1S/C15H22N2O2/c1-11-9-17(10-12(2)19-11)15(18)7-13-3-5-14(8-16)6-4-13/h3-6,11-12H,7-10,16H2,1-2H3/t11-,12+. The van der Waals surface area contributed by atoms with Gasteiger partial charge in [0.15, 0.2) is 0 Å². The van der Waals surface area contributed by atoms with Crippen molar-refractivity contribution in [2.24, 2.45) is 5.73 Å². The van der Waals surface area contributed by atoms with E-state index in [9.17, 15) is 4.79 Å². The molecule has 1 aliphatic rings. The maximum atomic E-state index is 12.3. The second-order valence-electron chi connectivity index (χ2n) is 5.25. The zero-order valence-electron chi connectivity index (χ0n) is 11.6. The molecule has 0 aliphatic carbocycles. The van der Waals surface area contributed by atoms with Crippen molar-refractivity contribution >= 4 is 5.91 Å². The molecule has 0 saturated carbocycles. The minimum absolute atomic E-state index is 0.118. The van der Waals surface area contributed by atoms with Gasteiger partial charge in [0.1, 0.15) is 0 Å². The van der Waals surface area contributed by atoms with E-state index in [2.05, 4.69) is 0 Å². The number of carbonyl (C=O) groups is 1. The van der Waals surface area contributed by atoms with Gasteiger partial charge in [0.05, 0.1) is 18.6 Å². The molecule has 0 unspecified atom stereocenters. The van der Waals surface area contributed by atoms with E-state index < -0.39 is 0 Å². The highest BCUT2D eigenvalue weighted by atomic mass is 16.5. The Morgan fingerprint density at radius 3 is 2.26 bits per heavy atom. The Morgan fingerprint density at radius 2 is 1.74 bits per heavy atom. The zero-order chi connectivity index (χ0) is 13.8. The Balaban J connectivity index is 1.96. The van der Waals surface area contributed by atoms with E-state index in [1.165, 1.54) is 0 Å². The predicted octanol–water partition coefficient (Wildman–Crippen LogP) is 1.32. The first kappa shape index (κ1) is 14.0. The fraction of sp³-hybridized carbons (Fsp3) is 0.533. The van der Waals surface area contributed by atoms with Gasteiger partial charge in [-0.2, -0.15) is 0 Å². The number of hydrogen-bond donors (Lipinski definition) is 1. The predicted molar refractivity (Wildman–Crippen MR) is 74.6 cm³/mol. The minimum atomic E-state index is 0.118. The number of amides is 1. The lowest BCUT2D eigenvalue weighted by atomic mass is 10.1. The Hall–Kier alpha value is -1.39. The highest BCUT2D eigenvalue weighted by molar-refractivity contribution is 5.79. The van der Waals surface area contributed by atoms with E-state index in [4.69, 9.17) is 10.5 Å². The number of nitrogens with zero attached hydrogens (tertiary/aromatic N) is 1. The van der Waals surface area contributed by atoms with Crippen LogP contribution in [0.5, 0.6) is 0 Å². The molecule has 1 aromatic rings. The van der Waals surface area contributed by atoms with Gasteiger partial charge in [0.2, 0.25) is 5.91 Å². The summed E-state index contributed by atoms with van der Waals surface area (Å²) in [6.07, 6.45) is 0.684. The average Bonchev–Trinajstić information content (AvgIpc) is 2.38. The molecule has 1 amide bonds. The van der Waals surface area contributed by atoms with Crippen molar-refractivity contribution in [2.45, 2.75) is 39.0 Å². The van der Waals surface area contributed by atoms with Gasteiger partial charge in [-0.1, -0.05) is 24.3 Å². The molecular weight excluding hydrogens is 240 g/mol. The van der Waals surface area contributed by atoms with Crippen molar-refractivity contribution in [1.82, 2.24) is 4.90 Å². The van der Waals surface area contributed by atoms with E-state index in [1.54, 1.807) is 0 Å². The lowest BCUT2D eigenvalue weighted by Gasteiger charge is -2.35. The summed E-state index contributed by atoms with van der Waals surface area (Å²) in [5.41, 5.74) is 7.68. The number of nitrogens with two attached hydrogens (primary N) is 1. The third-order valence-electron chi connectivity index (χ3n) is 3.39. The summed E-state index contributed by atoms with van der Waals surface area (Å²) in [5.74, 6) is 0.169. The largest absolute Gasteiger partial charge is 0.372 e. The number of carbonyl (C=O) groups excluding carboxylic acids is 1. The molecule has 1 fully saturated rings. The minimum Gasteiger partial charge on any atom is -0.372 e. The molecule has 0 aromatic heterocycles. The molecule has 4 heteroatoms. The van der Waals surface area contributed by atoms with Gasteiger partial charge in [-0.15, -0.1) is 0 Å². The van der Waals surface area contributed by atoms with Gasteiger partial charge >= 0.3 is 0 Å². The normalized spacial score (nSPS) is 23.4. The average molecular weight is 262 g/mol. The first-order chi connectivity index (χ1) is 9.08. The van der Waals surface area contributed by atoms with E-state index in [-0.39, 0.29) is 18.1 Å². The number of hydrogen-bond acceptors (Lipinski definition) is 3. The lowest BCUT2D eigenvalue weighted by Crippen LogP contribution is -2.48.